The van der Waals surface area contributed by atoms with Crippen molar-refractivity contribution in [3.05, 3.63) is 22.4 Å². The molecule has 0 aliphatic rings. The van der Waals surface area contributed by atoms with Crippen LogP contribution in [0.3, 0.4) is 0 Å². The molecular formula is C12H18N2O3S2. The van der Waals surface area contributed by atoms with Gasteiger partial charge in [0, 0.05) is 16.7 Å². The molecule has 1 heterocycles. The summed E-state index contributed by atoms with van der Waals surface area (Å²) in [6.45, 7) is 3.94. The van der Waals surface area contributed by atoms with E-state index in [1.807, 2.05) is 6.92 Å². The molecule has 1 rings (SSSR count). The Kier molecular flexibility index (Phi) is 6.72. The van der Waals surface area contributed by atoms with Crippen molar-refractivity contribution in [1.29, 1.82) is 0 Å². The molecular weight excluding hydrogens is 284 g/mol. The van der Waals surface area contributed by atoms with Gasteiger partial charge in [0.25, 0.3) is 0 Å². The van der Waals surface area contributed by atoms with Gasteiger partial charge in [-0.2, -0.15) is 11.8 Å². The number of thioether (sulfide) groups is 1. The van der Waals surface area contributed by atoms with Gasteiger partial charge in [0.15, 0.2) is 6.04 Å². The van der Waals surface area contributed by atoms with E-state index in [4.69, 9.17) is 5.11 Å². The normalized spacial score (nSPS) is 13.6. The molecule has 0 spiro atoms. The van der Waals surface area contributed by atoms with Crippen LogP contribution in [0.5, 0.6) is 0 Å². The highest BCUT2D eigenvalue weighted by atomic mass is 32.2. The van der Waals surface area contributed by atoms with E-state index in [0.717, 1.165) is 11.5 Å². The lowest BCUT2D eigenvalue weighted by molar-refractivity contribution is -0.139. The van der Waals surface area contributed by atoms with Gasteiger partial charge in [-0.25, -0.2) is 9.59 Å². The van der Waals surface area contributed by atoms with Crippen molar-refractivity contribution in [2.75, 3.05) is 11.5 Å². The molecule has 0 bridgehead atoms. The van der Waals surface area contributed by atoms with Crippen molar-refractivity contribution >= 4 is 35.1 Å². The summed E-state index contributed by atoms with van der Waals surface area (Å²) in [6.07, 6.45) is 0. The molecule has 5 nitrogen and oxygen atoms in total. The van der Waals surface area contributed by atoms with Crippen molar-refractivity contribution in [2.24, 2.45) is 0 Å². The molecule has 1 aromatic heterocycles. The minimum Gasteiger partial charge on any atom is -0.479 e. The van der Waals surface area contributed by atoms with E-state index in [0.29, 0.717) is 4.88 Å². The van der Waals surface area contributed by atoms with E-state index in [1.165, 1.54) is 11.3 Å². The Labute approximate surface area is 120 Å². The molecule has 0 saturated carbocycles. The Morgan fingerprint density at radius 2 is 2.21 bits per heavy atom. The number of carbonyl (C=O) groups is 2. The smallest absolute Gasteiger partial charge is 0.331 e. The van der Waals surface area contributed by atoms with Crippen LogP contribution >= 0.6 is 23.1 Å². The quantitative estimate of drug-likeness (QED) is 0.722. The highest BCUT2D eigenvalue weighted by Gasteiger charge is 2.23. The first-order valence-electron chi connectivity index (χ1n) is 5.95. The number of carbonyl (C=O) groups excluding carboxylic acids is 1. The highest BCUT2D eigenvalue weighted by Crippen LogP contribution is 2.19. The lowest BCUT2D eigenvalue weighted by Crippen LogP contribution is -2.45. The first-order chi connectivity index (χ1) is 9.04. The maximum Gasteiger partial charge on any atom is 0.331 e. The minimum absolute atomic E-state index is 0.00253. The van der Waals surface area contributed by atoms with Crippen molar-refractivity contribution < 1.29 is 14.7 Å². The van der Waals surface area contributed by atoms with E-state index in [1.54, 1.807) is 29.3 Å². The average Bonchev–Trinajstić information content (AvgIpc) is 2.86. The molecule has 0 fully saturated rings. The van der Waals surface area contributed by atoms with Crippen molar-refractivity contribution in [3.8, 4) is 0 Å². The van der Waals surface area contributed by atoms with Crippen LogP contribution in [0, 0.1) is 0 Å². The Morgan fingerprint density at radius 3 is 2.74 bits per heavy atom. The van der Waals surface area contributed by atoms with Gasteiger partial charge < -0.3 is 15.7 Å². The topological polar surface area (TPSA) is 78.4 Å². The standard InChI is InChI=1S/C12H18N2O3S2/c1-3-18-7-8(2)13-12(17)14-10(11(15)16)9-5-4-6-19-9/h4-6,8,10H,3,7H2,1-2H3,(H,15,16)(H2,13,14,17). The number of hydrogen-bond donors (Lipinski definition) is 3. The number of amides is 2. The first kappa shape index (κ1) is 15.8. The summed E-state index contributed by atoms with van der Waals surface area (Å²) >= 11 is 3.03. The lowest BCUT2D eigenvalue weighted by Gasteiger charge is -2.17. The van der Waals surface area contributed by atoms with E-state index < -0.39 is 18.0 Å². The van der Waals surface area contributed by atoms with Crippen LogP contribution in [-0.2, 0) is 4.79 Å². The van der Waals surface area contributed by atoms with Gasteiger partial charge >= 0.3 is 12.0 Å². The zero-order valence-corrected chi connectivity index (χ0v) is 12.5. The number of rotatable bonds is 7. The number of hydrogen-bond acceptors (Lipinski definition) is 4. The number of aliphatic carboxylic acids is 1. The molecule has 7 heteroatoms. The number of thiophene rings is 1. The fourth-order valence-corrected chi connectivity index (χ4v) is 2.88. The maximum absolute atomic E-state index is 11.7. The summed E-state index contributed by atoms with van der Waals surface area (Å²) in [5.74, 6) is 0.731. The van der Waals surface area contributed by atoms with Gasteiger partial charge in [-0.15, -0.1) is 11.3 Å². The van der Waals surface area contributed by atoms with E-state index >= 15 is 0 Å². The third-order valence-electron chi connectivity index (χ3n) is 2.30. The second-order valence-electron chi connectivity index (χ2n) is 3.96. The Balaban J connectivity index is 2.51. The predicted octanol–water partition coefficient (Wildman–Crippen LogP) is 2.31. The third kappa shape index (κ3) is 5.52. The highest BCUT2D eigenvalue weighted by molar-refractivity contribution is 7.99. The minimum atomic E-state index is -1.06. The molecule has 19 heavy (non-hydrogen) atoms. The number of carboxylic acid groups (broad SMARTS) is 1. The molecule has 0 aromatic carbocycles. The molecule has 1 aromatic rings. The second kappa shape index (κ2) is 8.06. The zero-order valence-electron chi connectivity index (χ0n) is 10.9. The predicted molar refractivity (Wildman–Crippen MR) is 78.8 cm³/mol. The van der Waals surface area contributed by atoms with E-state index in [9.17, 15) is 9.59 Å². The SMILES string of the molecule is CCSCC(C)NC(=O)NC(C(=O)O)c1cccs1. The van der Waals surface area contributed by atoms with Gasteiger partial charge in [0.2, 0.25) is 0 Å². The zero-order chi connectivity index (χ0) is 14.3. The molecule has 0 radical (unpaired) electrons. The van der Waals surface area contributed by atoms with Gasteiger partial charge in [-0.3, -0.25) is 0 Å². The molecule has 3 N–H and O–H groups in total. The third-order valence-corrected chi connectivity index (χ3v) is 4.38. The van der Waals surface area contributed by atoms with Crippen LogP contribution in [0.4, 0.5) is 4.79 Å². The van der Waals surface area contributed by atoms with Gasteiger partial charge in [0.1, 0.15) is 0 Å². The fraction of sp³-hybridized carbons (Fsp3) is 0.500. The molecule has 0 aliphatic carbocycles. The average molecular weight is 302 g/mol. The molecule has 0 saturated heterocycles. The Bertz CT molecular complexity index is 409. The molecule has 106 valence electrons. The molecule has 2 amide bonds. The second-order valence-corrected chi connectivity index (χ2v) is 6.26. The summed E-state index contributed by atoms with van der Waals surface area (Å²) in [7, 11) is 0. The van der Waals surface area contributed by atoms with Crippen LogP contribution in [-0.4, -0.2) is 34.7 Å². The van der Waals surface area contributed by atoms with Gasteiger partial charge in [0.05, 0.1) is 0 Å². The molecule has 2 atom stereocenters. The van der Waals surface area contributed by atoms with Crippen molar-refractivity contribution in [2.45, 2.75) is 25.9 Å². The summed E-state index contributed by atoms with van der Waals surface area (Å²) in [5, 5.41) is 16.1. The summed E-state index contributed by atoms with van der Waals surface area (Å²) < 4.78 is 0. The van der Waals surface area contributed by atoms with Crippen LogP contribution < -0.4 is 10.6 Å². The number of urea groups is 1. The summed E-state index contributed by atoms with van der Waals surface area (Å²) in [5.41, 5.74) is 0. The van der Waals surface area contributed by atoms with E-state index in [-0.39, 0.29) is 6.04 Å². The van der Waals surface area contributed by atoms with Gasteiger partial charge in [-0.05, 0) is 24.1 Å². The van der Waals surface area contributed by atoms with Crippen LogP contribution in [0.15, 0.2) is 17.5 Å². The van der Waals surface area contributed by atoms with Crippen molar-refractivity contribution in [1.82, 2.24) is 10.6 Å². The molecule has 2 unspecified atom stereocenters. The monoisotopic (exact) mass is 302 g/mol. The van der Waals surface area contributed by atoms with Crippen LogP contribution in [0.2, 0.25) is 0 Å². The Hall–Kier alpha value is -1.21. The van der Waals surface area contributed by atoms with Crippen molar-refractivity contribution in [3.63, 3.8) is 0 Å². The van der Waals surface area contributed by atoms with Crippen LogP contribution in [0.1, 0.15) is 24.8 Å². The number of nitrogens with one attached hydrogen (secondary N) is 2. The van der Waals surface area contributed by atoms with Crippen LogP contribution in [0.25, 0.3) is 0 Å². The lowest BCUT2D eigenvalue weighted by atomic mass is 10.2. The number of carboxylic acids is 1. The molecule has 0 aliphatic heterocycles. The van der Waals surface area contributed by atoms with Gasteiger partial charge in [-0.1, -0.05) is 13.0 Å². The first-order valence-corrected chi connectivity index (χ1v) is 7.99. The Morgan fingerprint density at radius 1 is 1.47 bits per heavy atom. The summed E-state index contributed by atoms with van der Waals surface area (Å²) in [6, 6.07) is 2.01. The fourth-order valence-electron chi connectivity index (χ4n) is 1.44. The largest absolute Gasteiger partial charge is 0.479 e. The van der Waals surface area contributed by atoms with E-state index in [2.05, 4.69) is 17.6 Å². The maximum atomic E-state index is 11.7. The summed E-state index contributed by atoms with van der Waals surface area (Å²) in [4.78, 5) is 23.5.